The number of allylic oxidation sites excluding steroid dienone is 8. The van der Waals surface area contributed by atoms with E-state index < -0.39 is 32.5 Å². The minimum Gasteiger partial charge on any atom is -0.462 e. The van der Waals surface area contributed by atoms with Gasteiger partial charge in [0.25, 0.3) is 0 Å². The van der Waals surface area contributed by atoms with E-state index in [2.05, 4.69) is 62.5 Å². The molecule has 0 spiro atoms. The largest absolute Gasteiger partial charge is 0.472 e. The average Bonchev–Trinajstić information content (AvgIpc) is 3.05. The molecule has 0 saturated heterocycles. The summed E-state index contributed by atoms with van der Waals surface area (Å²) in [7, 11) is -4.38. The van der Waals surface area contributed by atoms with Crippen molar-refractivity contribution >= 4 is 19.8 Å². The first-order valence-corrected chi connectivity index (χ1v) is 19.6. The van der Waals surface area contributed by atoms with Gasteiger partial charge in [-0.2, -0.15) is 0 Å². The van der Waals surface area contributed by atoms with Crippen LogP contribution in [0.4, 0.5) is 0 Å². The summed E-state index contributed by atoms with van der Waals surface area (Å²) in [6, 6.07) is 0. The molecule has 0 saturated carbocycles. The summed E-state index contributed by atoms with van der Waals surface area (Å²) >= 11 is 0. The fourth-order valence-corrected chi connectivity index (χ4v) is 5.21. The number of unbranched alkanes of at least 4 members (excludes halogenated alkanes) is 12. The van der Waals surface area contributed by atoms with Crippen LogP contribution >= 0.6 is 7.82 Å². The molecule has 0 amide bonds. The van der Waals surface area contributed by atoms with Gasteiger partial charge in [-0.15, -0.1) is 0 Å². The fourth-order valence-electron chi connectivity index (χ4n) is 4.44. The second kappa shape index (κ2) is 33.9. The predicted molar refractivity (Wildman–Crippen MR) is 192 cm³/mol. The summed E-state index contributed by atoms with van der Waals surface area (Å²) in [6.07, 6.45) is 35.7. The van der Waals surface area contributed by atoms with Crippen molar-refractivity contribution < 1.29 is 37.6 Å². The van der Waals surface area contributed by atoms with Gasteiger partial charge in [0.05, 0.1) is 13.2 Å². The highest BCUT2D eigenvalue weighted by Gasteiger charge is 2.25. The van der Waals surface area contributed by atoms with Crippen molar-refractivity contribution in [3.8, 4) is 0 Å². The lowest BCUT2D eigenvalue weighted by Crippen LogP contribution is -2.29. The van der Waals surface area contributed by atoms with E-state index in [0.29, 0.717) is 12.8 Å². The number of carbonyl (C=O) groups is 2. The molecule has 0 bridgehead atoms. The monoisotopic (exact) mass is 683 g/mol. The summed E-state index contributed by atoms with van der Waals surface area (Å²) in [6.45, 7) is 3.57. The third-order valence-corrected chi connectivity index (χ3v) is 8.17. The molecule has 3 N–H and O–H groups in total. The minimum absolute atomic E-state index is 0.0452. The van der Waals surface area contributed by atoms with Crippen molar-refractivity contribution in [2.24, 2.45) is 5.73 Å². The molecule has 2 atom stereocenters. The van der Waals surface area contributed by atoms with Crippen LogP contribution in [0.15, 0.2) is 48.6 Å². The summed E-state index contributed by atoms with van der Waals surface area (Å²) in [5, 5.41) is 0. The van der Waals surface area contributed by atoms with Gasteiger partial charge in [-0.1, -0.05) is 107 Å². The standard InChI is InChI=1S/C37H66NO8P/c1-3-5-7-9-11-13-15-16-17-18-20-21-23-25-27-29-36(39)43-33-35(34-45-47(41,42)44-32-31-38)46-37(40)30-28-26-24-22-19-14-12-10-8-6-4-2/h10-13,16-17,20-21,35H,3-9,14-15,18-19,22-34,38H2,1-2H3,(H,41,42)/b12-10-,13-11-,17-16-,21-20-/t35-/m1/s1. The Balaban J connectivity index is 4.34. The molecule has 272 valence electrons. The van der Waals surface area contributed by atoms with Crippen LogP contribution in [-0.4, -0.2) is 49.3 Å². The maximum absolute atomic E-state index is 12.5. The first-order chi connectivity index (χ1) is 22.8. The van der Waals surface area contributed by atoms with Gasteiger partial charge < -0.3 is 20.1 Å². The zero-order chi connectivity index (χ0) is 34.7. The third kappa shape index (κ3) is 33.7. The summed E-state index contributed by atoms with van der Waals surface area (Å²) < 4.78 is 32.5. The number of hydrogen-bond donors (Lipinski definition) is 2. The van der Waals surface area contributed by atoms with Crippen LogP contribution in [0, 0.1) is 0 Å². The van der Waals surface area contributed by atoms with Crippen molar-refractivity contribution in [1.29, 1.82) is 0 Å². The van der Waals surface area contributed by atoms with E-state index >= 15 is 0 Å². The van der Waals surface area contributed by atoms with Crippen molar-refractivity contribution in [2.75, 3.05) is 26.4 Å². The molecule has 0 aliphatic carbocycles. The quantitative estimate of drug-likeness (QED) is 0.0300. The zero-order valence-electron chi connectivity index (χ0n) is 29.5. The van der Waals surface area contributed by atoms with Crippen LogP contribution in [0.2, 0.25) is 0 Å². The van der Waals surface area contributed by atoms with Gasteiger partial charge in [0, 0.05) is 19.4 Å². The SMILES string of the molecule is CCCC/C=C\CCCCCCCC(=O)O[C@H](COC(=O)CCCC/C=C\C/C=C\C/C=C\CCCCC)COP(=O)(O)OCCN. The summed E-state index contributed by atoms with van der Waals surface area (Å²) in [5.41, 5.74) is 5.32. The number of rotatable bonds is 33. The van der Waals surface area contributed by atoms with Gasteiger partial charge in [-0.05, 0) is 70.6 Å². The highest BCUT2D eigenvalue weighted by molar-refractivity contribution is 7.47. The molecule has 0 aromatic heterocycles. The van der Waals surface area contributed by atoms with Gasteiger partial charge in [-0.25, -0.2) is 4.57 Å². The Bertz CT molecular complexity index is 918. The van der Waals surface area contributed by atoms with E-state index in [1.807, 2.05) is 0 Å². The van der Waals surface area contributed by atoms with Crippen LogP contribution in [0.5, 0.6) is 0 Å². The van der Waals surface area contributed by atoms with Gasteiger partial charge in [-0.3, -0.25) is 18.6 Å². The van der Waals surface area contributed by atoms with E-state index in [0.717, 1.165) is 70.6 Å². The van der Waals surface area contributed by atoms with Crippen LogP contribution in [-0.2, 0) is 32.7 Å². The Morgan fingerprint density at radius 2 is 1.13 bits per heavy atom. The van der Waals surface area contributed by atoms with Gasteiger partial charge in [0.1, 0.15) is 6.61 Å². The lowest BCUT2D eigenvalue weighted by Gasteiger charge is -2.19. The highest BCUT2D eigenvalue weighted by Crippen LogP contribution is 2.43. The van der Waals surface area contributed by atoms with E-state index in [1.54, 1.807) is 0 Å². The molecular weight excluding hydrogens is 617 g/mol. The van der Waals surface area contributed by atoms with E-state index in [9.17, 15) is 19.0 Å². The molecule has 0 aliphatic heterocycles. The van der Waals surface area contributed by atoms with Crippen LogP contribution < -0.4 is 5.73 Å². The van der Waals surface area contributed by atoms with Crippen LogP contribution in [0.25, 0.3) is 0 Å². The van der Waals surface area contributed by atoms with Crippen molar-refractivity contribution in [3.05, 3.63) is 48.6 Å². The van der Waals surface area contributed by atoms with Crippen molar-refractivity contribution in [1.82, 2.24) is 0 Å². The molecule has 0 aromatic rings. The van der Waals surface area contributed by atoms with Crippen molar-refractivity contribution in [2.45, 2.75) is 148 Å². The Morgan fingerprint density at radius 3 is 1.77 bits per heavy atom. The number of ether oxygens (including phenoxy) is 2. The second-order valence-corrected chi connectivity index (χ2v) is 13.2. The molecule has 0 aliphatic rings. The van der Waals surface area contributed by atoms with Gasteiger partial charge in [0.15, 0.2) is 6.10 Å². The molecular formula is C37H66NO8P. The maximum Gasteiger partial charge on any atom is 0.472 e. The molecule has 9 nitrogen and oxygen atoms in total. The molecule has 0 fully saturated rings. The average molecular weight is 684 g/mol. The number of nitrogens with two attached hydrogens (primary N) is 1. The van der Waals surface area contributed by atoms with Gasteiger partial charge in [0.2, 0.25) is 0 Å². The number of carbonyl (C=O) groups excluding carboxylic acids is 2. The molecule has 1 unspecified atom stereocenters. The lowest BCUT2D eigenvalue weighted by atomic mass is 10.1. The lowest BCUT2D eigenvalue weighted by molar-refractivity contribution is -0.161. The third-order valence-electron chi connectivity index (χ3n) is 7.19. The molecule has 10 heteroatoms. The number of phosphoric acid groups is 1. The molecule has 0 heterocycles. The van der Waals surface area contributed by atoms with Gasteiger partial charge >= 0.3 is 19.8 Å². The number of hydrogen-bond acceptors (Lipinski definition) is 8. The first-order valence-electron chi connectivity index (χ1n) is 18.1. The number of esters is 2. The minimum atomic E-state index is -4.38. The molecule has 0 aromatic carbocycles. The topological polar surface area (TPSA) is 134 Å². The number of phosphoric ester groups is 1. The predicted octanol–water partition coefficient (Wildman–Crippen LogP) is 9.60. The van der Waals surface area contributed by atoms with Crippen LogP contribution in [0.1, 0.15) is 142 Å². The molecule has 0 radical (unpaired) electrons. The smallest absolute Gasteiger partial charge is 0.462 e. The summed E-state index contributed by atoms with van der Waals surface area (Å²) in [4.78, 5) is 34.6. The Kier molecular flexibility index (Phi) is 32.4. The fraction of sp³-hybridized carbons (Fsp3) is 0.730. The zero-order valence-corrected chi connectivity index (χ0v) is 30.4. The molecule has 47 heavy (non-hydrogen) atoms. The first kappa shape index (κ1) is 45.0. The Morgan fingerprint density at radius 1 is 0.638 bits per heavy atom. The maximum atomic E-state index is 12.5. The van der Waals surface area contributed by atoms with E-state index in [4.69, 9.17) is 24.3 Å². The van der Waals surface area contributed by atoms with Crippen LogP contribution in [0.3, 0.4) is 0 Å². The summed E-state index contributed by atoms with van der Waals surface area (Å²) in [5.74, 6) is -0.892. The highest BCUT2D eigenvalue weighted by atomic mass is 31.2. The Hall–Kier alpha value is -2.03. The normalized spacial score (nSPS) is 14.0. The van der Waals surface area contributed by atoms with E-state index in [-0.39, 0.29) is 32.6 Å². The van der Waals surface area contributed by atoms with E-state index in [1.165, 1.54) is 32.1 Å². The Labute approximate surface area is 286 Å². The second-order valence-electron chi connectivity index (χ2n) is 11.7. The molecule has 0 rings (SSSR count). The van der Waals surface area contributed by atoms with Crippen molar-refractivity contribution in [3.63, 3.8) is 0 Å².